The number of amides is 1. The highest BCUT2D eigenvalue weighted by atomic mass is 16.2. The molecule has 1 aliphatic heterocycles. The van der Waals surface area contributed by atoms with Crippen LogP contribution in [0.4, 0.5) is 0 Å². The molecule has 0 spiro atoms. The average Bonchev–Trinajstić information content (AvgIpc) is 3.15. The second-order valence-electron chi connectivity index (χ2n) is 6.13. The number of pyridine rings is 2. The van der Waals surface area contributed by atoms with E-state index in [0.717, 1.165) is 31.6 Å². The topological polar surface area (TPSA) is 88.3 Å². The number of tetrazole rings is 1. The predicted molar refractivity (Wildman–Crippen MR) is 90.8 cm³/mol. The summed E-state index contributed by atoms with van der Waals surface area (Å²) in [6.45, 7) is 2.34. The third-order valence-electron chi connectivity index (χ3n) is 4.51. The highest BCUT2D eigenvalue weighted by Gasteiger charge is 2.27. The maximum Gasteiger partial charge on any atom is 0.256 e. The number of carbonyl (C=O) groups excluding carboxylic acids is 1. The zero-order valence-corrected chi connectivity index (χ0v) is 13.7. The van der Waals surface area contributed by atoms with Crippen molar-refractivity contribution in [3.05, 3.63) is 54.0 Å². The molecule has 8 heteroatoms. The Bertz CT molecular complexity index is 858. The third-order valence-corrected chi connectivity index (χ3v) is 4.51. The highest BCUT2D eigenvalue weighted by molar-refractivity contribution is 5.94. The van der Waals surface area contributed by atoms with Crippen LogP contribution >= 0.6 is 0 Å². The normalized spacial score (nSPS) is 15.4. The second kappa shape index (κ2) is 6.94. The van der Waals surface area contributed by atoms with Crippen molar-refractivity contribution in [3.8, 4) is 0 Å². The number of hydrogen-bond donors (Lipinski definition) is 1. The van der Waals surface area contributed by atoms with Gasteiger partial charge >= 0.3 is 0 Å². The minimum Gasteiger partial charge on any atom is -0.330 e. The van der Waals surface area contributed by atoms with Crippen LogP contribution < -0.4 is 5.32 Å². The number of rotatable bonds is 4. The molecule has 1 N–H and O–H groups in total. The van der Waals surface area contributed by atoms with Crippen molar-refractivity contribution in [2.24, 2.45) is 0 Å². The Morgan fingerprint density at radius 1 is 1.24 bits per heavy atom. The minimum absolute atomic E-state index is 0.0186. The molecule has 3 aromatic rings. The van der Waals surface area contributed by atoms with Gasteiger partial charge in [-0.25, -0.2) is 0 Å². The van der Waals surface area contributed by atoms with Gasteiger partial charge in [0.1, 0.15) is 0 Å². The Morgan fingerprint density at radius 2 is 2.12 bits per heavy atom. The van der Waals surface area contributed by atoms with E-state index in [4.69, 9.17) is 0 Å². The van der Waals surface area contributed by atoms with Gasteiger partial charge in [0, 0.05) is 18.4 Å². The maximum atomic E-state index is 13.2. The lowest BCUT2D eigenvalue weighted by Gasteiger charge is -2.34. The summed E-state index contributed by atoms with van der Waals surface area (Å²) < 4.78 is 1.52. The Kier molecular flexibility index (Phi) is 4.34. The second-order valence-corrected chi connectivity index (χ2v) is 6.13. The summed E-state index contributed by atoms with van der Waals surface area (Å²) in [6, 6.07) is 9.51. The lowest BCUT2D eigenvalue weighted by atomic mass is 10.0. The van der Waals surface area contributed by atoms with E-state index in [0.29, 0.717) is 17.8 Å². The molecule has 1 saturated heterocycles. The summed E-state index contributed by atoms with van der Waals surface area (Å²) >= 11 is 0. The van der Waals surface area contributed by atoms with Crippen molar-refractivity contribution in [2.75, 3.05) is 13.1 Å². The molecule has 0 atom stereocenters. The van der Waals surface area contributed by atoms with Gasteiger partial charge in [-0.15, -0.1) is 5.10 Å². The first-order chi connectivity index (χ1) is 12.3. The van der Waals surface area contributed by atoms with E-state index in [9.17, 15) is 4.79 Å². The molecule has 0 saturated carbocycles. The van der Waals surface area contributed by atoms with Crippen molar-refractivity contribution in [1.82, 2.24) is 35.2 Å². The summed E-state index contributed by atoms with van der Waals surface area (Å²) in [5.41, 5.74) is 2.09. The molecular formula is C17H19N7O. The Hall–Kier alpha value is -2.87. The van der Waals surface area contributed by atoms with Gasteiger partial charge in [0.05, 0.1) is 17.8 Å². The molecule has 4 rings (SSSR count). The van der Waals surface area contributed by atoms with Gasteiger partial charge in [-0.2, -0.15) is 4.52 Å². The molecule has 1 amide bonds. The molecule has 0 radical (unpaired) electrons. The number of aromatic nitrogens is 5. The van der Waals surface area contributed by atoms with E-state index in [-0.39, 0.29) is 11.9 Å². The third kappa shape index (κ3) is 3.34. The average molecular weight is 337 g/mol. The fourth-order valence-electron chi connectivity index (χ4n) is 3.18. The van der Waals surface area contributed by atoms with Crippen LogP contribution in [-0.2, 0) is 6.54 Å². The standard InChI is InChI=1S/C17H19N7O/c25-17(13-4-5-16-20-21-22-24(16)11-13)23(15-6-9-18-10-7-15)12-14-3-1-2-8-19-14/h1-5,8,11,15,18H,6-7,9-10,12H2. The van der Waals surface area contributed by atoms with E-state index in [1.165, 1.54) is 4.52 Å². The number of fused-ring (bicyclic) bond motifs is 1. The van der Waals surface area contributed by atoms with Gasteiger partial charge in [0.2, 0.25) is 0 Å². The molecule has 8 nitrogen and oxygen atoms in total. The summed E-state index contributed by atoms with van der Waals surface area (Å²) in [6.07, 6.45) is 5.31. The highest BCUT2D eigenvalue weighted by Crippen LogP contribution is 2.18. The van der Waals surface area contributed by atoms with Crippen LogP contribution in [-0.4, -0.2) is 55.0 Å². The van der Waals surface area contributed by atoms with Gasteiger partial charge in [-0.05, 0) is 60.6 Å². The smallest absolute Gasteiger partial charge is 0.256 e. The maximum absolute atomic E-state index is 13.2. The van der Waals surface area contributed by atoms with Crippen molar-refractivity contribution in [3.63, 3.8) is 0 Å². The van der Waals surface area contributed by atoms with Crippen LogP contribution in [0.25, 0.3) is 5.65 Å². The van der Waals surface area contributed by atoms with E-state index in [1.807, 2.05) is 23.1 Å². The lowest BCUT2D eigenvalue weighted by Crippen LogP contribution is -2.45. The summed E-state index contributed by atoms with van der Waals surface area (Å²) in [5.74, 6) is -0.0186. The summed E-state index contributed by atoms with van der Waals surface area (Å²) in [4.78, 5) is 19.5. The van der Waals surface area contributed by atoms with Crippen LogP contribution in [0.1, 0.15) is 28.9 Å². The molecule has 0 unspecified atom stereocenters. The number of nitrogens with zero attached hydrogens (tertiary/aromatic N) is 6. The molecule has 0 bridgehead atoms. The first-order valence-electron chi connectivity index (χ1n) is 8.40. The molecule has 128 valence electrons. The zero-order chi connectivity index (χ0) is 17.1. The summed E-state index contributed by atoms with van der Waals surface area (Å²) in [5, 5.41) is 14.7. The molecule has 3 aromatic heterocycles. The number of hydrogen-bond acceptors (Lipinski definition) is 6. The summed E-state index contributed by atoms with van der Waals surface area (Å²) in [7, 11) is 0. The SMILES string of the molecule is O=C(c1ccc2nnnn2c1)N(Cc1ccccn1)C1CCNCC1. The van der Waals surface area contributed by atoms with Crippen LogP contribution in [0.5, 0.6) is 0 Å². The van der Waals surface area contributed by atoms with E-state index < -0.39 is 0 Å². The van der Waals surface area contributed by atoms with Crippen LogP contribution in [0.15, 0.2) is 42.7 Å². The Morgan fingerprint density at radius 3 is 2.92 bits per heavy atom. The molecule has 25 heavy (non-hydrogen) atoms. The first kappa shape index (κ1) is 15.6. The number of nitrogens with one attached hydrogen (secondary N) is 1. The molecular weight excluding hydrogens is 318 g/mol. The predicted octanol–water partition coefficient (Wildman–Crippen LogP) is 0.914. The number of piperidine rings is 1. The van der Waals surface area contributed by atoms with Gasteiger partial charge in [0.15, 0.2) is 5.65 Å². The van der Waals surface area contributed by atoms with Crippen LogP contribution in [0.3, 0.4) is 0 Å². The fraction of sp³-hybridized carbons (Fsp3) is 0.353. The monoisotopic (exact) mass is 337 g/mol. The molecule has 1 fully saturated rings. The first-order valence-corrected chi connectivity index (χ1v) is 8.40. The van der Waals surface area contributed by atoms with Crippen molar-refractivity contribution in [2.45, 2.75) is 25.4 Å². The van der Waals surface area contributed by atoms with E-state index in [1.54, 1.807) is 24.5 Å². The Labute approximate surface area is 144 Å². The molecule has 1 aliphatic rings. The fourth-order valence-corrected chi connectivity index (χ4v) is 3.18. The van der Waals surface area contributed by atoms with Crippen molar-refractivity contribution < 1.29 is 4.79 Å². The molecule has 4 heterocycles. The van der Waals surface area contributed by atoms with Gasteiger partial charge in [0.25, 0.3) is 5.91 Å². The number of carbonyl (C=O) groups is 1. The van der Waals surface area contributed by atoms with E-state index in [2.05, 4.69) is 25.8 Å². The van der Waals surface area contributed by atoms with Gasteiger partial charge in [-0.3, -0.25) is 9.78 Å². The molecule has 0 aliphatic carbocycles. The minimum atomic E-state index is -0.0186. The largest absolute Gasteiger partial charge is 0.330 e. The van der Waals surface area contributed by atoms with Crippen LogP contribution in [0, 0.1) is 0 Å². The van der Waals surface area contributed by atoms with Gasteiger partial charge < -0.3 is 10.2 Å². The molecule has 0 aromatic carbocycles. The Balaban J connectivity index is 1.64. The van der Waals surface area contributed by atoms with Gasteiger partial charge in [-0.1, -0.05) is 6.07 Å². The van der Waals surface area contributed by atoms with Crippen molar-refractivity contribution >= 4 is 11.6 Å². The van der Waals surface area contributed by atoms with Crippen LogP contribution in [0.2, 0.25) is 0 Å². The van der Waals surface area contributed by atoms with Crippen molar-refractivity contribution in [1.29, 1.82) is 0 Å². The zero-order valence-electron chi connectivity index (χ0n) is 13.7. The quantitative estimate of drug-likeness (QED) is 0.761. The lowest BCUT2D eigenvalue weighted by molar-refractivity contribution is 0.0619. The van der Waals surface area contributed by atoms with E-state index >= 15 is 0 Å².